The molecule has 1 fully saturated rings. The molecule has 1 unspecified atom stereocenters. The van der Waals surface area contributed by atoms with Crippen molar-refractivity contribution in [2.75, 3.05) is 19.6 Å². The first kappa shape index (κ1) is 12.0. The van der Waals surface area contributed by atoms with E-state index in [1.54, 1.807) is 0 Å². The molecule has 0 aromatic carbocycles. The van der Waals surface area contributed by atoms with Crippen LogP contribution in [0, 0.1) is 11.8 Å². The molecule has 1 aliphatic heterocycles. The normalized spacial score (nSPS) is 27.9. The zero-order valence-electron chi connectivity index (χ0n) is 9.87. The smallest absolute Gasteiger partial charge is 0.0679 e. The van der Waals surface area contributed by atoms with Crippen LogP contribution in [0.25, 0.3) is 0 Å². The Morgan fingerprint density at radius 3 is 2.57 bits per heavy atom. The molecular formula is C12H25NO. The molecule has 0 aliphatic carbocycles. The Labute approximate surface area is 88.3 Å². The van der Waals surface area contributed by atoms with Crippen LogP contribution in [-0.4, -0.2) is 35.7 Å². The van der Waals surface area contributed by atoms with E-state index in [1.165, 1.54) is 12.8 Å². The van der Waals surface area contributed by atoms with Gasteiger partial charge in [0.2, 0.25) is 0 Å². The first-order chi connectivity index (χ1) is 6.63. The van der Waals surface area contributed by atoms with Gasteiger partial charge in [-0.25, -0.2) is 0 Å². The predicted octanol–water partition coefficient (Wildman–Crippen LogP) is 2.13. The van der Waals surface area contributed by atoms with Crippen molar-refractivity contribution in [1.29, 1.82) is 0 Å². The van der Waals surface area contributed by atoms with Crippen LogP contribution in [0.3, 0.4) is 0 Å². The van der Waals surface area contributed by atoms with Gasteiger partial charge in [-0.05, 0) is 18.3 Å². The van der Waals surface area contributed by atoms with Crippen LogP contribution in [-0.2, 0) is 0 Å². The fraction of sp³-hybridized carbons (Fsp3) is 1.00. The predicted molar refractivity (Wildman–Crippen MR) is 60.3 cm³/mol. The third kappa shape index (κ3) is 3.58. The summed E-state index contributed by atoms with van der Waals surface area (Å²) in [5.41, 5.74) is 0. The van der Waals surface area contributed by atoms with Crippen LogP contribution >= 0.6 is 0 Å². The first-order valence-corrected chi connectivity index (χ1v) is 6.04. The van der Waals surface area contributed by atoms with Crippen LogP contribution in [0.2, 0.25) is 0 Å². The maximum Gasteiger partial charge on any atom is 0.0679 e. The van der Waals surface area contributed by atoms with Gasteiger partial charge in [-0.2, -0.15) is 0 Å². The minimum absolute atomic E-state index is 0.0660. The van der Waals surface area contributed by atoms with E-state index < -0.39 is 0 Å². The summed E-state index contributed by atoms with van der Waals surface area (Å²) in [6, 6.07) is 0. The third-order valence-corrected chi connectivity index (χ3v) is 3.51. The average molecular weight is 199 g/mol. The highest BCUT2D eigenvalue weighted by molar-refractivity contribution is 4.77. The van der Waals surface area contributed by atoms with E-state index in [0.29, 0.717) is 0 Å². The Kier molecular flexibility index (Phi) is 4.90. The molecule has 0 bridgehead atoms. The minimum Gasteiger partial charge on any atom is -0.392 e. The van der Waals surface area contributed by atoms with Crippen LogP contribution in [0.5, 0.6) is 0 Å². The summed E-state index contributed by atoms with van der Waals surface area (Å²) in [4.78, 5) is 2.40. The second-order valence-corrected chi connectivity index (χ2v) is 4.95. The Bertz CT molecular complexity index is 160. The number of aliphatic hydroxyl groups excluding tert-OH is 1. The molecule has 0 saturated carbocycles. The summed E-state index contributed by atoms with van der Waals surface area (Å²) in [6.45, 7) is 10.1. The van der Waals surface area contributed by atoms with Crippen LogP contribution in [0.1, 0.15) is 40.0 Å². The molecule has 1 N–H and O–H groups in total. The molecule has 0 aromatic rings. The number of hydrogen-bond donors (Lipinski definition) is 1. The number of nitrogens with zero attached hydrogens (tertiary/aromatic N) is 1. The zero-order valence-corrected chi connectivity index (χ0v) is 9.87. The van der Waals surface area contributed by atoms with E-state index in [4.69, 9.17) is 0 Å². The Hall–Kier alpha value is -0.0800. The van der Waals surface area contributed by atoms with Crippen molar-refractivity contribution in [2.45, 2.75) is 46.1 Å². The standard InChI is InChI=1S/C12H25NO/c1-4-5-10(2)11(3)8-13-7-6-12(14)9-13/h10-12,14H,4-9H2,1-3H3/t10?,11-,12-/m1/s1. The van der Waals surface area contributed by atoms with Crippen LogP contribution in [0.15, 0.2) is 0 Å². The molecule has 0 spiro atoms. The maximum absolute atomic E-state index is 9.41. The molecule has 1 aliphatic rings. The van der Waals surface area contributed by atoms with Crippen molar-refractivity contribution >= 4 is 0 Å². The maximum atomic E-state index is 9.41. The van der Waals surface area contributed by atoms with Gasteiger partial charge < -0.3 is 10.0 Å². The molecule has 14 heavy (non-hydrogen) atoms. The fourth-order valence-corrected chi connectivity index (χ4v) is 2.31. The summed E-state index contributed by atoms with van der Waals surface area (Å²) < 4.78 is 0. The number of hydrogen-bond acceptors (Lipinski definition) is 2. The Balaban J connectivity index is 2.22. The van der Waals surface area contributed by atoms with Crippen LogP contribution < -0.4 is 0 Å². The Morgan fingerprint density at radius 1 is 1.36 bits per heavy atom. The second kappa shape index (κ2) is 5.72. The lowest BCUT2D eigenvalue weighted by molar-refractivity contribution is 0.163. The van der Waals surface area contributed by atoms with Crippen molar-refractivity contribution in [3.8, 4) is 0 Å². The number of aliphatic hydroxyl groups is 1. The van der Waals surface area contributed by atoms with Gasteiger partial charge >= 0.3 is 0 Å². The largest absolute Gasteiger partial charge is 0.392 e. The van der Waals surface area contributed by atoms with Crippen molar-refractivity contribution in [3.63, 3.8) is 0 Å². The molecule has 0 amide bonds. The lowest BCUT2D eigenvalue weighted by Gasteiger charge is -2.25. The topological polar surface area (TPSA) is 23.5 Å². The monoisotopic (exact) mass is 199 g/mol. The van der Waals surface area contributed by atoms with Gasteiger partial charge in [0, 0.05) is 19.6 Å². The first-order valence-electron chi connectivity index (χ1n) is 6.04. The molecule has 1 saturated heterocycles. The van der Waals surface area contributed by atoms with E-state index in [2.05, 4.69) is 25.7 Å². The highest BCUT2D eigenvalue weighted by atomic mass is 16.3. The van der Waals surface area contributed by atoms with E-state index >= 15 is 0 Å². The summed E-state index contributed by atoms with van der Waals surface area (Å²) in [5, 5.41) is 9.41. The number of rotatable bonds is 5. The number of β-amino-alcohol motifs (C(OH)–C–C–N with tert-alkyl or cyclic N) is 1. The fourth-order valence-electron chi connectivity index (χ4n) is 2.31. The highest BCUT2D eigenvalue weighted by Gasteiger charge is 2.23. The average Bonchev–Trinajstić information content (AvgIpc) is 2.51. The molecule has 3 atom stereocenters. The second-order valence-electron chi connectivity index (χ2n) is 4.95. The van der Waals surface area contributed by atoms with Crippen molar-refractivity contribution in [2.24, 2.45) is 11.8 Å². The SMILES string of the molecule is CCCC(C)[C@H](C)CN1CC[C@@H](O)C1. The lowest BCUT2D eigenvalue weighted by Crippen LogP contribution is -2.29. The van der Waals surface area contributed by atoms with Gasteiger partial charge in [0.05, 0.1) is 6.10 Å². The van der Waals surface area contributed by atoms with E-state index in [-0.39, 0.29) is 6.10 Å². The molecule has 0 aromatic heterocycles. The van der Waals surface area contributed by atoms with Gasteiger partial charge in [-0.1, -0.05) is 33.6 Å². The van der Waals surface area contributed by atoms with Crippen molar-refractivity contribution in [1.82, 2.24) is 4.90 Å². The van der Waals surface area contributed by atoms with Crippen LogP contribution in [0.4, 0.5) is 0 Å². The molecule has 1 rings (SSSR count). The quantitative estimate of drug-likeness (QED) is 0.733. The van der Waals surface area contributed by atoms with Gasteiger partial charge in [0.25, 0.3) is 0 Å². The highest BCUT2D eigenvalue weighted by Crippen LogP contribution is 2.20. The third-order valence-electron chi connectivity index (χ3n) is 3.51. The zero-order chi connectivity index (χ0) is 10.6. The molecule has 1 heterocycles. The molecular weight excluding hydrogens is 174 g/mol. The number of likely N-dealkylation sites (tertiary alicyclic amines) is 1. The Morgan fingerprint density at radius 2 is 2.07 bits per heavy atom. The van der Waals surface area contributed by atoms with Crippen molar-refractivity contribution < 1.29 is 5.11 Å². The van der Waals surface area contributed by atoms with E-state index in [0.717, 1.165) is 37.9 Å². The molecule has 2 heteroatoms. The van der Waals surface area contributed by atoms with Gasteiger partial charge in [-0.15, -0.1) is 0 Å². The summed E-state index contributed by atoms with van der Waals surface area (Å²) >= 11 is 0. The van der Waals surface area contributed by atoms with Gasteiger partial charge in [0.15, 0.2) is 0 Å². The van der Waals surface area contributed by atoms with Gasteiger partial charge in [0.1, 0.15) is 0 Å². The lowest BCUT2D eigenvalue weighted by atomic mass is 9.91. The summed E-state index contributed by atoms with van der Waals surface area (Å²) in [6.07, 6.45) is 3.52. The summed E-state index contributed by atoms with van der Waals surface area (Å²) in [5.74, 6) is 1.58. The molecule has 0 radical (unpaired) electrons. The van der Waals surface area contributed by atoms with E-state index in [9.17, 15) is 5.11 Å². The molecule has 2 nitrogen and oxygen atoms in total. The molecule has 84 valence electrons. The van der Waals surface area contributed by atoms with E-state index in [1.807, 2.05) is 0 Å². The van der Waals surface area contributed by atoms with Crippen molar-refractivity contribution in [3.05, 3.63) is 0 Å². The summed E-state index contributed by atoms with van der Waals surface area (Å²) in [7, 11) is 0. The van der Waals surface area contributed by atoms with Gasteiger partial charge in [-0.3, -0.25) is 0 Å². The minimum atomic E-state index is -0.0660.